The van der Waals surface area contributed by atoms with Crippen LogP contribution in [0, 0.1) is 0 Å². The molecule has 2 aromatic carbocycles. The van der Waals surface area contributed by atoms with Crippen LogP contribution < -0.4 is 0 Å². The topological polar surface area (TPSA) is 0 Å². The third-order valence-corrected chi connectivity index (χ3v) is 3.22. The van der Waals surface area contributed by atoms with Gasteiger partial charge in [0.15, 0.2) is 0 Å². The maximum Gasteiger partial charge on any atom is 0.0484 e. The molecule has 0 unspecified atom stereocenters. The van der Waals surface area contributed by atoms with Crippen LogP contribution in [-0.4, -0.2) is 5.33 Å². The molecule has 0 fully saturated rings. The number of aryl methyl sites for hydroxylation is 1. The number of hydrogen-bond donors (Lipinski definition) is 0. The van der Waals surface area contributed by atoms with Gasteiger partial charge in [0, 0.05) is 15.9 Å². The van der Waals surface area contributed by atoms with Gasteiger partial charge in [0.05, 0.1) is 0 Å². The Hall–Kier alpha value is -0.790. The second kappa shape index (κ2) is 5.51. The fraction of sp³-hybridized carbons (Fsp3) is 0.143. The molecule has 82 valence electrons. The lowest BCUT2D eigenvalue weighted by atomic mass is 10.0. The Bertz CT molecular complexity index is 465. The summed E-state index contributed by atoms with van der Waals surface area (Å²) in [5.74, 6) is 0. The smallest absolute Gasteiger partial charge is 0.0484 e. The predicted molar refractivity (Wildman–Crippen MR) is 74.4 cm³/mol. The lowest BCUT2D eigenvalue weighted by Gasteiger charge is -2.07. The van der Waals surface area contributed by atoms with E-state index in [0.717, 1.165) is 22.3 Å². The third-order valence-electron chi connectivity index (χ3n) is 2.50. The van der Waals surface area contributed by atoms with E-state index in [1.54, 1.807) is 0 Å². The van der Waals surface area contributed by atoms with E-state index in [0.29, 0.717) is 0 Å². The molecule has 0 heterocycles. The van der Waals surface area contributed by atoms with Gasteiger partial charge in [-0.15, -0.1) is 0 Å². The Morgan fingerprint density at radius 1 is 1.00 bits per heavy atom. The van der Waals surface area contributed by atoms with Crippen LogP contribution in [0.4, 0.5) is 0 Å². The highest BCUT2D eigenvalue weighted by Crippen LogP contribution is 2.28. The predicted octanol–water partition coefficient (Wildman–Crippen LogP) is 4.94. The highest BCUT2D eigenvalue weighted by Gasteiger charge is 2.04. The first-order valence-corrected chi connectivity index (χ1v) is 6.71. The zero-order chi connectivity index (χ0) is 11.4. The van der Waals surface area contributed by atoms with E-state index in [1.165, 1.54) is 11.1 Å². The molecule has 2 heteroatoms. The van der Waals surface area contributed by atoms with Gasteiger partial charge >= 0.3 is 0 Å². The quantitative estimate of drug-likeness (QED) is 0.703. The zero-order valence-electron chi connectivity index (χ0n) is 8.79. The largest absolute Gasteiger partial charge is 0.0924 e. The molecule has 0 aliphatic heterocycles. The van der Waals surface area contributed by atoms with Crippen molar-refractivity contribution >= 4 is 27.5 Å². The minimum Gasteiger partial charge on any atom is -0.0924 e. The van der Waals surface area contributed by atoms with Crippen molar-refractivity contribution in [3.63, 3.8) is 0 Å². The Morgan fingerprint density at radius 3 is 2.44 bits per heavy atom. The molecule has 0 nitrogen and oxygen atoms in total. The van der Waals surface area contributed by atoms with Crippen LogP contribution >= 0.6 is 27.5 Å². The molecule has 0 saturated carbocycles. The van der Waals surface area contributed by atoms with Crippen molar-refractivity contribution in [3.8, 4) is 11.1 Å². The first-order valence-electron chi connectivity index (χ1n) is 5.21. The van der Waals surface area contributed by atoms with Gasteiger partial charge in [0.2, 0.25) is 0 Å². The number of halogens is 2. The molecular formula is C14H12BrCl. The summed E-state index contributed by atoms with van der Waals surface area (Å²) in [6, 6.07) is 16.5. The summed E-state index contributed by atoms with van der Waals surface area (Å²) in [6.07, 6.45) is 1.02. The van der Waals surface area contributed by atoms with E-state index in [4.69, 9.17) is 11.6 Å². The van der Waals surface area contributed by atoms with E-state index in [-0.39, 0.29) is 0 Å². The molecule has 0 spiro atoms. The lowest BCUT2D eigenvalue weighted by Crippen LogP contribution is -1.87. The van der Waals surface area contributed by atoms with Gasteiger partial charge in [-0.2, -0.15) is 0 Å². The van der Waals surface area contributed by atoms with Crippen LogP contribution in [0.25, 0.3) is 11.1 Å². The van der Waals surface area contributed by atoms with Gasteiger partial charge in [-0.3, -0.25) is 0 Å². The minimum absolute atomic E-state index is 0.810. The van der Waals surface area contributed by atoms with E-state index in [1.807, 2.05) is 24.3 Å². The zero-order valence-corrected chi connectivity index (χ0v) is 11.1. The molecule has 0 atom stereocenters. The van der Waals surface area contributed by atoms with Gasteiger partial charge in [0.1, 0.15) is 0 Å². The van der Waals surface area contributed by atoms with Crippen molar-refractivity contribution in [1.82, 2.24) is 0 Å². The van der Waals surface area contributed by atoms with Crippen LogP contribution in [0.15, 0.2) is 48.5 Å². The maximum absolute atomic E-state index is 6.22. The molecule has 0 saturated heterocycles. The fourth-order valence-electron chi connectivity index (χ4n) is 1.68. The van der Waals surface area contributed by atoms with Crippen molar-refractivity contribution in [1.29, 1.82) is 0 Å². The first-order chi connectivity index (χ1) is 7.81. The SMILES string of the molecule is Clc1ccc(CCBr)cc1-c1ccccc1. The first kappa shape index (κ1) is 11.7. The Kier molecular flexibility index (Phi) is 4.03. The van der Waals surface area contributed by atoms with Gasteiger partial charge < -0.3 is 0 Å². The number of alkyl halides is 1. The standard InChI is InChI=1S/C14H12BrCl/c15-9-8-11-6-7-14(16)13(10-11)12-4-2-1-3-5-12/h1-7,10H,8-9H2. The van der Waals surface area contributed by atoms with Crippen molar-refractivity contribution < 1.29 is 0 Å². The molecule has 0 aliphatic carbocycles. The average Bonchev–Trinajstić information content (AvgIpc) is 2.33. The molecule has 16 heavy (non-hydrogen) atoms. The highest BCUT2D eigenvalue weighted by atomic mass is 79.9. The summed E-state index contributed by atoms with van der Waals surface area (Å²) in [5, 5.41) is 1.78. The Balaban J connectivity index is 2.43. The molecular weight excluding hydrogens is 284 g/mol. The molecule has 2 aromatic rings. The minimum atomic E-state index is 0.810. The van der Waals surface area contributed by atoms with Crippen LogP contribution in [0.2, 0.25) is 5.02 Å². The van der Waals surface area contributed by atoms with Crippen molar-refractivity contribution in [2.75, 3.05) is 5.33 Å². The van der Waals surface area contributed by atoms with Crippen LogP contribution in [0.3, 0.4) is 0 Å². The second-order valence-corrected chi connectivity index (χ2v) is 4.82. The highest BCUT2D eigenvalue weighted by molar-refractivity contribution is 9.09. The van der Waals surface area contributed by atoms with Crippen LogP contribution in [0.1, 0.15) is 5.56 Å². The fourth-order valence-corrected chi connectivity index (χ4v) is 2.36. The van der Waals surface area contributed by atoms with E-state index in [2.05, 4.69) is 40.2 Å². The molecule has 0 aromatic heterocycles. The summed E-state index contributed by atoms with van der Waals surface area (Å²) in [7, 11) is 0. The Morgan fingerprint density at radius 2 is 1.75 bits per heavy atom. The molecule has 0 bridgehead atoms. The summed E-state index contributed by atoms with van der Waals surface area (Å²) in [6.45, 7) is 0. The molecule has 0 N–H and O–H groups in total. The summed E-state index contributed by atoms with van der Waals surface area (Å²) in [5.41, 5.74) is 3.59. The summed E-state index contributed by atoms with van der Waals surface area (Å²) in [4.78, 5) is 0. The summed E-state index contributed by atoms with van der Waals surface area (Å²) < 4.78 is 0. The van der Waals surface area contributed by atoms with E-state index in [9.17, 15) is 0 Å². The van der Waals surface area contributed by atoms with Gasteiger partial charge in [-0.05, 0) is 29.7 Å². The van der Waals surface area contributed by atoms with Gasteiger partial charge in [-0.25, -0.2) is 0 Å². The van der Waals surface area contributed by atoms with Gasteiger partial charge in [-0.1, -0.05) is 63.9 Å². The molecule has 0 aliphatic rings. The average molecular weight is 296 g/mol. The van der Waals surface area contributed by atoms with E-state index >= 15 is 0 Å². The summed E-state index contributed by atoms with van der Waals surface area (Å²) >= 11 is 9.67. The third kappa shape index (κ3) is 2.66. The number of rotatable bonds is 3. The molecule has 0 radical (unpaired) electrons. The maximum atomic E-state index is 6.22. The van der Waals surface area contributed by atoms with Crippen LogP contribution in [-0.2, 0) is 6.42 Å². The lowest BCUT2D eigenvalue weighted by molar-refractivity contribution is 1.17. The van der Waals surface area contributed by atoms with Crippen molar-refractivity contribution in [2.24, 2.45) is 0 Å². The van der Waals surface area contributed by atoms with E-state index < -0.39 is 0 Å². The molecule has 2 rings (SSSR count). The Labute approximate surface area is 109 Å². The number of benzene rings is 2. The number of hydrogen-bond acceptors (Lipinski definition) is 0. The second-order valence-electron chi connectivity index (χ2n) is 3.62. The van der Waals surface area contributed by atoms with Crippen molar-refractivity contribution in [2.45, 2.75) is 6.42 Å². The monoisotopic (exact) mass is 294 g/mol. The van der Waals surface area contributed by atoms with Gasteiger partial charge in [0.25, 0.3) is 0 Å². The molecule has 0 amide bonds. The van der Waals surface area contributed by atoms with Crippen LogP contribution in [0.5, 0.6) is 0 Å². The van der Waals surface area contributed by atoms with Crippen molar-refractivity contribution in [3.05, 3.63) is 59.1 Å². The normalized spacial score (nSPS) is 10.4.